The number of carboxylic acid groups (broad SMARTS) is 1. The molecule has 31 heteroatoms. The molecular formula is C65H90F2N8O21. The Labute approximate surface area is 551 Å². The molecule has 3 aromatic carbocycles. The second-order valence-electron chi connectivity index (χ2n) is 23.5. The largest absolute Gasteiger partial charge is 0.481 e. The lowest BCUT2D eigenvalue weighted by Gasteiger charge is -2.26. The van der Waals surface area contributed by atoms with E-state index in [1.54, 1.807) is 54.6 Å². The lowest BCUT2D eigenvalue weighted by Crippen LogP contribution is -2.49. The number of hydrogen-bond acceptors (Lipinski definition) is 21. The van der Waals surface area contributed by atoms with Crippen molar-refractivity contribution in [2.24, 2.45) is 11.7 Å². The SMILES string of the molecule is Cc1c(-c2cccc(CCC(=O)NCCCCCCCC(=O)N[C@H](CCC(=O)NC[C@H](O)[C@@H](O)[C@H](O)[C@H](O)CO)C(=O)C[C@H](CCC(=O)O)C(=O)N[C@@H](C=O)CCC(=O)NC[C@H](O)[C@@H](O)[C@H](O)[C@H](O)CO)c2)c(=O)n(C[C@@H](N)c2ccccc2)c(=O)n1Cc1c(F)cccc1F. The number of aliphatic carboxylic acids is 1. The van der Waals surface area contributed by atoms with Crippen molar-refractivity contribution >= 4 is 47.6 Å². The van der Waals surface area contributed by atoms with Gasteiger partial charge in [-0.15, -0.1) is 0 Å². The maximum Gasteiger partial charge on any atom is 0.331 e. The van der Waals surface area contributed by atoms with Crippen LogP contribution in [0.15, 0.2) is 82.4 Å². The number of nitrogens with one attached hydrogen (secondary N) is 5. The number of carbonyl (C=O) groups is 8. The Morgan fingerprint density at radius 1 is 0.604 bits per heavy atom. The van der Waals surface area contributed by atoms with Crippen molar-refractivity contribution in [2.45, 2.75) is 183 Å². The monoisotopic (exact) mass is 1360 g/mol. The van der Waals surface area contributed by atoms with E-state index >= 15 is 0 Å². The average Bonchev–Trinajstić information content (AvgIpc) is 0.762. The predicted octanol–water partition coefficient (Wildman–Crippen LogP) is -2.33. The number of unbranched alkanes of at least 4 members (excludes halogenated alkanes) is 4. The summed E-state index contributed by atoms with van der Waals surface area (Å²) in [5.74, 6) is -8.95. The molecule has 1 aromatic heterocycles. The molecule has 0 radical (unpaired) electrons. The summed E-state index contributed by atoms with van der Waals surface area (Å²) in [5.41, 5.74) is 6.59. The van der Waals surface area contributed by atoms with Gasteiger partial charge in [0.15, 0.2) is 5.78 Å². The molecule has 5 amide bonds. The molecule has 0 saturated heterocycles. The van der Waals surface area contributed by atoms with Gasteiger partial charge in [-0.1, -0.05) is 79.9 Å². The molecule has 0 aliphatic heterocycles. The maximum absolute atomic E-state index is 15.0. The maximum atomic E-state index is 15.0. The zero-order chi connectivity index (χ0) is 71.2. The number of halogens is 2. The number of nitrogens with zero attached hydrogens (tertiary/aromatic N) is 2. The second kappa shape index (κ2) is 41.1. The molecule has 0 bridgehead atoms. The number of aliphatic hydroxyl groups is 10. The summed E-state index contributed by atoms with van der Waals surface area (Å²) >= 11 is 0. The van der Waals surface area contributed by atoms with Crippen LogP contribution in [0.3, 0.4) is 0 Å². The highest BCUT2D eigenvalue weighted by molar-refractivity contribution is 5.93. The topological polar surface area (TPSA) is 489 Å². The quantitative estimate of drug-likeness (QED) is 0.0163. The lowest BCUT2D eigenvalue weighted by molar-refractivity contribution is -0.139. The first-order valence-electron chi connectivity index (χ1n) is 31.5. The van der Waals surface area contributed by atoms with Crippen LogP contribution < -0.4 is 43.6 Å². The molecule has 29 nitrogen and oxygen atoms in total. The molecule has 4 aromatic rings. The number of amides is 5. The Kier molecular flexibility index (Phi) is 34.4. The van der Waals surface area contributed by atoms with Crippen LogP contribution in [0, 0.1) is 24.5 Å². The van der Waals surface area contributed by atoms with Gasteiger partial charge in [0.05, 0.1) is 56.2 Å². The van der Waals surface area contributed by atoms with E-state index in [0.717, 1.165) is 21.3 Å². The van der Waals surface area contributed by atoms with Gasteiger partial charge < -0.3 is 93.3 Å². The molecule has 4 rings (SSSR count). The van der Waals surface area contributed by atoms with Crippen molar-refractivity contribution in [1.82, 2.24) is 35.7 Å². The van der Waals surface area contributed by atoms with Gasteiger partial charge in [-0.05, 0) is 74.3 Å². The second-order valence-corrected chi connectivity index (χ2v) is 23.5. The van der Waals surface area contributed by atoms with Gasteiger partial charge in [-0.25, -0.2) is 13.6 Å². The van der Waals surface area contributed by atoms with Crippen molar-refractivity contribution in [2.75, 3.05) is 32.8 Å². The van der Waals surface area contributed by atoms with Crippen LogP contribution in [0.5, 0.6) is 0 Å². The summed E-state index contributed by atoms with van der Waals surface area (Å²) in [4.78, 5) is 132. The van der Waals surface area contributed by atoms with E-state index in [-0.39, 0.29) is 61.2 Å². The number of carboxylic acids is 1. The number of aldehydes is 1. The van der Waals surface area contributed by atoms with E-state index in [9.17, 15) is 103 Å². The number of hydrogen-bond donors (Lipinski definition) is 17. The fraction of sp³-hybridized carbons (Fsp3) is 0.538. The van der Waals surface area contributed by atoms with Crippen molar-refractivity contribution in [3.05, 3.63) is 128 Å². The molecule has 0 fully saturated rings. The number of aromatic nitrogens is 2. The minimum atomic E-state index is -2.02. The first-order chi connectivity index (χ1) is 45.6. The third-order valence-corrected chi connectivity index (χ3v) is 16.2. The number of benzene rings is 3. The molecule has 0 aliphatic carbocycles. The first-order valence-corrected chi connectivity index (χ1v) is 31.5. The molecule has 12 atom stereocenters. The summed E-state index contributed by atoms with van der Waals surface area (Å²) in [6.45, 7) is -2.17. The zero-order valence-electron chi connectivity index (χ0n) is 53.2. The van der Waals surface area contributed by atoms with Crippen LogP contribution in [-0.4, -0.2) is 207 Å². The van der Waals surface area contributed by atoms with Gasteiger partial charge in [0.1, 0.15) is 54.5 Å². The Morgan fingerprint density at radius 2 is 1.16 bits per heavy atom. The number of aliphatic hydroxyl groups excluding tert-OH is 10. The van der Waals surface area contributed by atoms with Crippen molar-refractivity contribution in [3.8, 4) is 11.1 Å². The molecule has 18 N–H and O–H groups in total. The number of rotatable bonds is 45. The molecule has 0 aliphatic rings. The van der Waals surface area contributed by atoms with E-state index in [1.807, 2.05) is 0 Å². The average molecular weight is 1360 g/mol. The van der Waals surface area contributed by atoms with Crippen molar-refractivity contribution < 1.29 is 103 Å². The molecule has 0 saturated carbocycles. The standard InChI is InChI=1S/C65H90F2N8O21/c1-37-58(64(95)75(33-46(68)39-13-6-5-7-14-39)65(96)74(37)32-43-44(66)16-11-17-45(43)67)40-15-10-12-38(28-40)19-23-53(84)69-27-9-4-2-3-8-18-56(87)73-47(22-25-55(86)71-31-50(81)60(91)62(93)52(83)36-78)48(79)29-41(20-26-57(88)89)63(94)72-42(34-76)21-24-54(85)70-30-49(80)59(90)61(92)51(82)35-77/h5-7,10-17,28,34,41-42,46-47,49-52,59-62,77-78,80-83,90-93H,2-4,8-9,18-27,29-33,35-36,68H2,1H3,(H,69,84)(H,70,85)(H,71,86)(H,72,94)(H,73,87)(H,88,89)/t41-,42+,46+,47+,49-,50-,51+,52+,59+,60+,61+,62+/m0/s1. The van der Waals surface area contributed by atoms with Gasteiger partial charge in [-0.3, -0.25) is 47.5 Å². The third-order valence-electron chi connectivity index (χ3n) is 16.2. The smallest absolute Gasteiger partial charge is 0.331 e. The van der Waals surface area contributed by atoms with Crippen LogP contribution in [0.2, 0.25) is 0 Å². The minimum Gasteiger partial charge on any atom is -0.481 e. The van der Waals surface area contributed by atoms with Crippen LogP contribution in [-0.2, 0) is 57.9 Å². The lowest BCUT2D eigenvalue weighted by atomic mass is 9.91. The molecular weight excluding hydrogens is 1270 g/mol. The highest BCUT2D eigenvalue weighted by Crippen LogP contribution is 2.24. The van der Waals surface area contributed by atoms with E-state index in [0.29, 0.717) is 55.3 Å². The van der Waals surface area contributed by atoms with E-state index in [1.165, 1.54) is 13.0 Å². The van der Waals surface area contributed by atoms with Gasteiger partial charge >= 0.3 is 11.7 Å². The molecule has 530 valence electrons. The molecule has 96 heavy (non-hydrogen) atoms. The summed E-state index contributed by atoms with van der Waals surface area (Å²) in [6, 6.07) is 15.3. The van der Waals surface area contributed by atoms with Gasteiger partial charge in [0.25, 0.3) is 5.56 Å². The van der Waals surface area contributed by atoms with E-state index < -0.39 is 203 Å². The van der Waals surface area contributed by atoms with Gasteiger partial charge in [0.2, 0.25) is 29.5 Å². The van der Waals surface area contributed by atoms with Gasteiger partial charge in [0, 0.05) is 81.4 Å². The van der Waals surface area contributed by atoms with Crippen LogP contribution >= 0.6 is 0 Å². The van der Waals surface area contributed by atoms with Gasteiger partial charge in [-0.2, -0.15) is 0 Å². The number of nitrogens with two attached hydrogens (primary N) is 1. The van der Waals surface area contributed by atoms with Crippen LogP contribution in [0.1, 0.15) is 118 Å². The van der Waals surface area contributed by atoms with E-state index in [2.05, 4.69) is 26.6 Å². The zero-order valence-corrected chi connectivity index (χ0v) is 53.2. The van der Waals surface area contributed by atoms with Crippen molar-refractivity contribution in [1.29, 1.82) is 0 Å². The summed E-state index contributed by atoms with van der Waals surface area (Å²) in [6.07, 6.45) is -15.8. The Hall–Kier alpha value is -8.08. The molecule has 0 spiro atoms. The number of aryl methyl sites for hydroxylation is 1. The molecule has 1 heterocycles. The highest BCUT2D eigenvalue weighted by atomic mass is 19.1. The fourth-order valence-electron chi connectivity index (χ4n) is 10.3. The fourth-order valence-corrected chi connectivity index (χ4v) is 10.3. The van der Waals surface area contributed by atoms with Crippen LogP contribution in [0.4, 0.5) is 8.78 Å². The predicted molar refractivity (Wildman–Crippen MR) is 340 cm³/mol. The summed E-state index contributed by atoms with van der Waals surface area (Å²) in [7, 11) is 0. The summed E-state index contributed by atoms with van der Waals surface area (Å²) < 4.78 is 32.0. The summed E-state index contributed by atoms with van der Waals surface area (Å²) in [5, 5.41) is 119. The number of Topliss-reactive ketones (excluding diaryl/α,β-unsaturated/α-hetero) is 1. The van der Waals surface area contributed by atoms with Crippen LogP contribution in [0.25, 0.3) is 11.1 Å². The highest BCUT2D eigenvalue weighted by Gasteiger charge is 2.34. The third kappa shape index (κ3) is 25.8. The Morgan fingerprint density at radius 3 is 1.74 bits per heavy atom. The van der Waals surface area contributed by atoms with Crippen molar-refractivity contribution in [3.63, 3.8) is 0 Å². The number of ketones is 1. The Balaban J connectivity index is 1.34. The normalized spacial score (nSPS) is 15.2. The number of carbonyl (C=O) groups excluding carboxylic acids is 7. The first kappa shape index (κ1) is 80.4. The van der Waals surface area contributed by atoms with E-state index in [4.69, 9.17) is 15.9 Å². The Bertz CT molecular complexity index is 3300. The minimum absolute atomic E-state index is 0.0575. The molecule has 0 unspecified atom stereocenters.